The SMILES string of the molecule is NC(=O)c1ccc(Nc2ccc(OC(F)F)cc2)c(N)c1. The first-order chi connectivity index (χ1) is 9.95. The van der Waals surface area contributed by atoms with E-state index in [-0.39, 0.29) is 5.75 Å². The second-order valence-electron chi connectivity index (χ2n) is 4.19. The molecule has 0 aromatic heterocycles. The highest BCUT2D eigenvalue weighted by Crippen LogP contribution is 2.25. The summed E-state index contributed by atoms with van der Waals surface area (Å²) in [6, 6.07) is 10.6. The van der Waals surface area contributed by atoms with Gasteiger partial charge in [0.25, 0.3) is 0 Å². The molecule has 0 spiro atoms. The van der Waals surface area contributed by atoms with Crippen LogP contribution in [0.5, 0.6) is 5.75 Å². The fraction of sp³-hybridized carbons (Fsp3) is 0.0714. The van der Waals surface area contributed by atoms with Crippen LogP contribution < -0.4 is 21.5 Å². The first kappa shape index (κ1) is 14.6. The minimum atomic E-state index is -2.86. The Morgan fingerprint density at radius 1 is 1.14 bits per heavy atom. The fourth-order valence-electron chi connectivity index (χ4n) is 1.71. The molecule has 5 nitrogen and oxygen atoms in total. The van der Waals surface area contributed by atoms with E-state index in [2.05, 4.69) is 10.1 Å². The van der Waals surface area contributed by atoms with Crippen molar-refractivity contribution in [2.75, 3.05) is 11.1 Å². The maximum atomic E-state index is 12.0. The van der Waals surface area contributed by atoms with Crippen LogP contribution in [0.15, 0.2) is 42.5 Å². The monoisotopic (exact) mass is 293 g/mol. The van der Waals surface area contributed by atoms with E-state index in [4.69, 9.17) is 11.5 Å². The fourth-order valence-corrected chi connectivity index (χ4v) is 1.71. The van der Waals surface area contributed by atoms with Crippen molar-refractivity contribution in [3.63, 3.8) is 0 Å². The summed E-state index contributed by atoms with van der Waals surface area (Å²) in [5.41, 5.74) is 12.8. The third-order valence-electron chi connectivity index (χ3n) is 2.69. The molecular formula is C14H13F2N3O2. The number of benzene rings is 2. The van der Waals surface area contributed by atoms with Gasteiger partial charge in [0.1, 0.15) is 5.75 Å². The average molecular weight is 293 g/mol. The van der Waals surface area contributed by atoms with Gasteiger partial charge < -0.3 is 21.5 Å². The molecule has 2 rings (SSSR count). The van der Waals surface area contributed by atoms with Crippen LogP contribution in [0, 0.1) is 0 Å². The Hall–Kier alpha value is -2.83. The number of hydrogen-bond acceptors (Lipinski definition) is 4. The van der Waals surface area contributed by atoms with Crippen molar-refractivity contribution in [1.29, 1.82) is 0 Å². The zero-order valence-electron chi connectivity index (χ0n) is 10.8. The summed E-state index contributed by atoms with van der Waals surface area (Å²) >= 11 is 0. The number of halogens is 2. The predicted molar refractivity (Wildman–Crippen MR) is 75.7 cm³/mol. The van der Waals surface area contributed by atoms with Gasteiger partial charge >= 0.3 is 6.61 Å². The highest BCUT2D eigenvalue weighted by atomic mass is 19.3. The molecule has 0 saturated carbocycles. The molecule has 2 aromatic rings. The van der Waals surface area contributed by atoms with Crippen molar-refractivity contribution in [1.82, 2.24) is 0 Å². The summed E-state index contributed by atoms with van der Waals surface area (Å²) in [4.78, 5) is 11.0. The van der Waals surface area contributed by atoms with Crippen LogP contribution in [0.1, 0.15) is 10.4 Å². The van der Waals surface area contributed by atoms with Gasteiger partial charge in [0.05, 0.1) is 11.4 Å². The number of anilines is 3. The van der Waals surface area contributed by atoms with Crippen LogP contribution in [0.25, 0.3) is 0 Å². The van der Waals surface area contributed by atoms with Gasteiger partial charge in [-0.05, 0) is 42.5 Å². The van der Waals surface area contributed by atoms with Crippen molar-refractivity contribution in [3.05, 3.63) is 48.0 Å². The van der Waals surface area contributed by atoms with Crippen LogP contribution in [0.2, 0.25) is 0 Å². The first-order valence-electron chi connectivity index (χ1n) is 5.97. The number of amides is 1. The molecule has 0 fully saturated rings. The number of primary amides is 1. The molecule has 0 aliphatic carbocycles. The molecule has 7 heteroatoms. The second kappa shape index (κ2) is 6.08. The Bertz CT molecular complexity index is 645. The number of alkyl halides is 2. The van der Waals surface area contributed by atoms with E-state index in [1.165, 1.54) is 24.3 Å². The zero-order valence-corrected chi connectivity index (χ0v) is 10.8. The Kier molecular flexibility index (Phi) is 4.22. The molecule has 1 amide bonds. The zero-order chi connectivity index (χ0) is 15.4. The maximum absolute atomic E-state index is 12.0. The number of rotatable bonds is 5. The quantitative estimate of drug-likeness (QED) is 0.739. The second-order valence-corrected chi connectivity index (χ2v) is 4.19. The van der Waals surface area contributed by atoms with Gasteiger partial charge in [0, 0.05) is 11.3 Å². The number of carbonyl (C=O) groups excluding carboxylic acids is 1. The topological polar surface area (TPSA) is 90.4 Å². The Labute approximate surface area is 119 Å². The third-order valence-corrected chi connectivity index (χ3v) is 2.69. The van der Waals surface area contributed by atoms with E-state index < -0.39 is 12.5 Å². The van der Waals surface area contributed by atoms with Crippen LogP contribution in [0.3, 0.4) is 0 Å². The normalized spacial score (nSPS) is 10.4. The van der Waals surface area contributed by atoms with E-state index in [0.29, 0.717) is 22.6 Å². The molecule has 0 aliphatic rings. The third kappa shape index (κ3) is 3.82. The van der Waals surface area contributed by atoms with E-state index in [9.17, 15) is 13.6 Å². The van der Waals surface area contributed by atoms with Gasteiger partial charge in [-0.25, -0.2) is 0 Å². The summed E-state index contributed by atoms with van der Waals surface area (Å²) in [5, 5.41) is 3.00. The Morgan fingerprint density at radius 2 is 1.81 bits per heavy atom. The molecule has 2 aromatic carbocycles. The molecule has 0 heterocycles. The van der Waals surface area contributed by atoms with E-state index in [0.717, 1.165) is 0 Å². The van der Waals surface area contributed by atoms with E-state index in [1.807, 2.05) is 0 Å². The van der Waals surface area contributed by atoms with Crippen molar-refractivity contribution >= 4 is 23.0 Å². The predicted octanol–water partition coefficient (Wildman–Crippen LogP) is 2.71. The average Bonchev–Trinajstić information content (AvgIpc) is 2.42. The summed E-state index contributed by atoms with van der Waals surface area (Å²) in [6.07, 6.45) is 0. The molecule has 0 radical (unpaired) electrons. The summed E-state index contributed by atoms with van der Waals surface area (Å²) < 4.78 is 28.3. The lowest BCUT2D eigenvalue weighted by Crippen LogP contribution is -2.11. The van der Waals surface area contributed by atoms with Crippen molar-refractivity contribution < 1.29 is 18.3 Å². The minimum Gasteiger partial charge on any atom is -0.435 e. The highest BCUT2D eigenvalue weighted by molar-refractivity contribution is 5.95. The van der Waals surface area contributed by atoms with Gasteiger partial charge in [-0.2, -0.15) is 8.78 Å². The first-order valence-corrected chi connectivity index (χ1v) is 5.97. The van der Waals surface area contributed by atoms with E-state index >= 15 is 0 Å². The lowest BCUT2D eigenvalue weighted by molar-refractivity contribution is -0.0498. The van der Waals surface area contributed by atoms with Crippen molar-refractivity contribution in [2.45, 2.75) is 6.61 Å². The van der Waals surface area contributed by atoms with Crippen molar-refractivity contribution in [2.24, 2.45) is 5.73 Å². The van der Waals surface area contributed by atoms with Crippen LogP contribution in [-0.4, -0.2) is 12.5 Å². The molecule has 110 valence electrons. The molecule has 21 heavy (non-hydrogen) atoms. The van der Waals surface area contributed by atoms with Gasteiger partial charge in [0.2, 0.25) is 5.91 Å². The highest BCUT2D eigenvalue weighted by Gasteiger charge is 2.06. The molecule has 5 N–H and O–H groups in total. The standard InChI is InChI=1S/C14H13F2N3O2/c15-14(16)21-10-4-2-9(3-5-10)19-12-6-1-8(13(18)20)7-11(12)17/h1-7,14,19H,17H2,(H2,18,20). The number of ether oxygens (including phenoxy) is 1. The molecule has 0 bridgehead atoms. The number of nitrogens with two attached hydrogens (primary N) is 2. The largest absolute Gasteiger partial charge is 0.435 e. The number of carbonyl (C=O) groups is 1. The number of nitrogen functional groups attached to an aromatic ring is 1. The number of hydrogen-bond donors (Lipinski definition) is 3. The Morgan fingerprint density at radius 3 is 2.33 bits per heavy atom. The molecule has 0 unspecified atom stereocenters. The van der Waals surface area contributed by atoms with Crippen LogP contribution in [0.4, 0.5) is 25.8 Å². The van der Waals surface area contributed by atoms with Crippen molar-refractivity contribution in [3.8, 4) is 5.75 Å². The van der Waals surface area contributed by atoms with E-state index in [1.54, 1.807) is 18.2 Å². The van der Waals surface area contributed by atoms with Gasteiger partial charge in [-0.15, -0.1) is 0 Å². The van der Waals surface area contributed by atoms with Crippen LogP contribution >= 0.6 is 0 Å². The smallest absolute Gasteiger partial charge is 0.387 e. The van der Waals surface area contributed by atoms with Gasteiger partial charge in [-0.1, -0.05) is 0 Å². The molecule has 0 atom stereocenters. The maximum Gasteiger partial charge on any atom is 0.387 e. The lowest BCUT2D eigenvalue weighted by atomic mass is 10.1. The van der Waals surface area contributed by atoms with Gasteiger partial charge in [-0.3, -0.25) is 4.79 Å². The molecular weight excluding hydrogens is 280 g/mol. The lowest BCUT2D eigenvalue weighted by Gasteiger charge is -2.11. The minimum absolute atomic E-state index is 0.0626. The summed E-state index contributed by atoms with van der Waals surface area (Å²) in [7, 11) is 0. The van der Waals surface area contributed by atoms with Gasteiger partial charge in [0.15, 0.2) is 0 Å². The molecule has 0 aliphatic heterocycles. The molecule has 0 saturated heterocycles. The summed E-state index contributed by atoms with van der Waals surface area (Å²) in [5.74, 6) is -0.505. The van der Waals surface area contributed by atoms with Crippen LogP contribution in [-0.2, 0) is 0 Å². The number of nitrogens with one attached hydrogen (secondary N) is 1. The summed E-state index contributed by atoms with van der Waals surface area (Å²) in [6.45, 7) is -2.86. The Balaban J connectivity index is 2.13.